The molecular formula is C10H14FNO. The lowest BCUT2D eigenvalue weighted by molar-refractivity contribution is 0.188. The third-order valence-electron chi connectivity index (χ3n) is 1.93. The Morgan fingerprint density at radius 3 is 2.54 bits per heavy atom. The van der Waals surface area contributed by atoms with E-state index in [9.17, 15) is 4.39 Å². The van der Waals surface area contributed by atoms with Crippen LogP contribution in [0.3, 0.4) is 0 Å². The van der Waals surface area contributed by atoms with E-state index in [1.165, 1.54) is 12.1 Å². The lowest BCUT2D eigenvalue weighted by atomic mass is 10.1. The van der Waals surface area contributed by atoms with Crippen LogP contribution in [0.25, 0.3) is 0 Å². The summed E-state index contributed by atoms with van der Waals surface area (Å²) in [5.41, 5.74) is 6.77. The Morgan fingerprint density at radius 1 is 1.38 bits per heavy atom. The van der Waals surface area contributed by atoms with Gasteiger partial charge in [-0.15, -0.1) is 0 Å². The van der Waals surface area contributed by atoms with Crippen molar-refractivity contribution in [1.82, 2.24) is 0 Å². The van der Waals surface area contributed by atoms with Crippen LogP contribution in [0.1, 0.15) is 18.0 Å². The standard InChI is InChI=1S/C10H14FNO/c1-13-7-6-10(12)8-2-4-9(11)5-3-8/h2-5,10H,6-7,12H2,1H3/t10-/m0/s1. The van der Waals surface area contributed by atoms with E-state index in [1.54, 1.807) is 19.2 Å². The van der Waals surface area contributed by atoms with Gasteiger partial charge in [0.15, 0.2) is 0 Å². The highest BCUT2D eigenvalue weighted by molar-refractivity contribution is 5.19. The van der Waals surface area contributed by atoms with E-state index >= 15 is 0 Å². The van der Waals surface area contributed by atoms with Crippen LogP contribution in [-0.4, -0.2) is 13.7 Å². The Morgan fingerprint density at radius 2 is 2.00 bits per heavy atom. The van der Waals surface area contributed by atoms with E-state index in [0.29, 0.717) is 6.61 Å². The molecule has 0 aliphatic carbocycles. The largest absolute Gasteiger partial charge is 0.385 e. The highest BCUT2D eigenvalue weighted by Gasteiger charge is 2.04. The van der Waals surface area contributed by atoms with Gasteiger partial charge in [-0.1, -0.05) is 12.1 Å². The normalized spacial score (nSPS) is 12.8. The first-order valence-corrected chi connectivity index (χ1v) is 4.24. The molecule has 2 nitrogen and oxygen atoms in total. The van der Waals surface area contributed by atoms with Crippen molar-refractivity contribution in [2.24, 2.45) is 5.73 Å². The molecule has 0 fully saturated rings. The molecule has 0 bridgehead atoms. The molecule has 0 aromatic heterocycles. The van der Waals surface area contributed by atoms with E-state index in [2.05, 4.69) is 0 Å². The van der Waals surface area contributed by atoms with Crippen molar-refractivity contribution in [2.45, 2.75) is 12.5 Å². The summed E-state index contributed by atoms with van der Waals surface area (Å²) in [6, 6.07) is 6.18. The van der Waals surface area contributed by atoms with Crippen molar-refractivity contribution in [3.05, 3.63) is 35.6 Å². The van der Waals surface area contributed by atoms with Crippen LogP contribution in [0.5, 0.6) is 0 Å². The quantitative estimate of drug-likeness (QED) is 0.773. The summed E-state index contributed by atoms with van der Waals surface area (Å²) in [7, 11) is 1.64. The van der Waals surface area contributed by atoms with Gasteiger partial charge in [0.2, 0.25) is 0 Å². The van der Waals surface area contributed by atoms with Gasteiger partial charge in [-0.25, -0.2) is 4.39 Å². The second kappa shape index (κ2) is 4.94. The first-order chi connectivity index (χ1) is 6.24. The van der Waals surface area contributed by atoms with Gasteiger partial charge in [-0.3, -0.25) is 0 Å². The van der Waals surface area contributed by atoms with Crippen molar-refractivity contribution in [3.8, 4) is 0 Å². The molecule has 0 heterocycles. The highest BCUT2D eigenvalue weighted by Crippen LogP contribution is 2.13. The Bertz CT molecular complexity index is 248. The average molecular weight is 183 g/mol. The molecule has 3 heteroatoms. The Labute approximate surface area is 77.5 Å². The van der Waals surface area contributed by atoms with Crippen LogP contribution in [0.2, 0.25) is 0 Å². The van der Waals surface area contributed by atoms with Gasteiger partial charge in [0, 0.05) is 19.8 Å². The summed E-state index contributed by atoms with van der Waals surface area (Å²) in [4.78, 5) is 0. The fourth-order valence-corrected chi connectivity index (χ4v) is 1.12. The summed E-state index contributed by atoms with van der Waals surface area (Å²) in [6.07, 6.45) is 0.752. The van der Waals surface area contributed by atoms with E-state index in [-0.39, 0.29) is 11.9 Å². The van der Waals surface area contributed by atoms with Gasteiger partial charge < -0.3 is 10.5 Å². The second-order valence-electron chi connectivity index (χ2n) is 2.94. The van der Waals surface area contributed by atoms with Crippen molar-refractivity contribution < 1.29 is 9.13 Å². The predicted octanol–water partition coefficient (Wildman–Crippen LogP) is 1.86. The van der Waals surface area contributed by atoms with Gasteiger partial charge in [-0.2, -0.15) is 0 Å². The number of benzene rings is 1. The Kier molecular flexibility index (Phi) is 3.86. The van der Waals surface area contributed by atoms with Crippen LogP contribution in [-0.2, 0) is 4.74 Å². The summed E-state index contributed by atoms with van der Waals surface area (Å²) in [5, 5.41) is 0. The minimum atomic E-state index is -0.234. The van der Waals surface area contributed by atoms with E-state index in [4.69, 9.17) is 10.5 Å². The first-order valence-electron chi connectivity index (χ1n) is 4.24. The van der Waals surface area contributed by atoms with Crippen LogP contribution in [0, 0.1) is 5.82 Å². The molecule has 1 aromatic carbocycles. The van der Waals surface area contributed by atoms with Gasteiger partial charge in [0.1, 0.15) is 5.82 Å². The van der Waals surface area contributed by atoms with Gasteiger partial charge in [0.25, 0.3) is 0 Å². The molecule has 1 atom stereocenters. The number of rotatable bonds is 4. The number of hydrogen-bond donors (Lipinski definition) is 1. The highest BCUT2D eigenvalue weighted by atomic mass is 19.1. The van der Waals surface area contributed by atoms with Crippen molar-refractivity contribution >= 4 is 0 Å². The maximum atomic E-state index is 12.5. The summed E-state index contributed by atoms with van der Waals surface area (Å²) >= 11 is 0. The van der Waals surface area contributed by atoms with Gasteiger partial charge >= 0.3 is 0 Å². The third-order valence-corrected chi connectivity index (χ3v) is 1.93. The van der Waals surface area contributed by atoms with Gasteiger partial charge in [0.05, 0.1) is 0 Å². The molecule has 0 aliphatic rings. The average Bonchev–Trinajstić information content (AvgIpc) is 2.15. The molecule has 2 N–H and O–H groups in total. The Hall–Kier alpha value is -0.930. The molecule has 0 saturated heterocycles. The molecule has 13 heavy (non-hydrogen) atoms. The second-order valence-corrected chi connectivity index (χ2v) is 2.94. The number of hydrogen-bond acceptors (Lipinski definition) is 2. The minimum Gasteiger partial charge on any atom is -0.385 e. The molecule has 0 spiro atoms. The maximum absolute atomic E-state index is 12.5. The van der Waals surface area contributed by atoms with E-state index in [1.807, 2.05) is 0 Å². The van der Waals surface area contributed by atoms with Crippen molar-refractivity contribution in [1.29, 1.82) is 0 Å². The number of halogens is 1. The molecule has 72 valence electrons. The molecular weight excluding hydrogens is 169 g/mol. The van der Waals surface area contributed by atoms with Crippen LogP contribution in [0.15, 0.2) is 24.3 Å². The molecule has 1 rings (SSSR count). The van der Waals surface area contributed by atoms with E-state index < -0.39 is 0 Å². The predicted molar refractivity (Wildman–Crippen MR) is 49.8 cm³/mol. The van der Waals surface area contributed by atoms with E-state index in [0.717, 1.165) is 12.0 Å². The van der Waals surface area contributed by atoms with Crippen LogP contribution in [0.4, 0.5) is 4.39 Å². The summed E-state index contributed by atoms with van der Waals surface area (Å²) < 4.78 is 17.4. The van der Waals surface area contributed by atoms with Gasteiger partial charge in [-0.05, 0) is 24.1 Å². The zero-order valence-electron chi connectivity index (χ0n) is 7.66. The maximum Gasteiger partial charge on any atom is 0.123 e. The van der Waals surface area contributed by atoms with Crippen LogP contribution < -0.4 is 5.73 Å². The number of methoxy groups -OCH3 is 1. The molecule has 0 unspecified atom stereocenters. The minimum absolute atomic E-state index is 0.0689. The fraction of sp³-hybridized carbons (Fsp3) is 0.400. The zero-order chi connectivity index (χ0) is 9.68. The molecule has 0 amide bonds. The lowest BCUT2D eigenvalue weighted by Gasteiger charge is -2.10. The SMILES string of the molecule is COCC[C@H](N)c1ccc(F)cc1. The fourth-order valence-electron chi connectivity index (χ4n) is 1.12. The topological polar surface area (TPSA) is 35.2 Å². The number of ether oxygens (including phenoxy) is 1. The number of nitrogens with two attached hydrogens (primary N) is 1. The monoisotopic (exact) mass is 183 g/mol. The van der Waals surface area contributed by atoms with Crippen molar-refractivity contribution in [3.63, 3.8) is 0 Å². The molecule has 0 saturated carbocycles. The third kappa shape index (κ3) is 3.13. The van der Waals surface area contributed by atoms with Crippen LogP contribution >= 0.6 is 0 Å². The molecule has 0 radical (unpaired) electrons. The molecule has 1 aromatic rings. The zero-order valence-corrected chi connectivity index (χ0v) is 7.66. The summed E-state index contributed by atoms with van der Waals surface area (Å²) in [6.45, 7) is 0.624. The first kappa shape index (κ1) is 10.2. The Balaban J connectivity index is 2.55. The van der Waals surface area contributed by atoms with Crippen molar-refractivity contribution in [2.75, 3.05) is 13.7 Å². The molecule has 0 aliphatic heterocycles. The summed E-state index contributed by atoms with van der Waals surface area (Å²) in [5.74, 6) is -0.234. The lowest BCUT2D eigenvalue weighted by Crippen LogP contribution is -2.12. The smallest absolute Gasteiger partial charge is 0.123 e.